The van der Waals surface area contributed by atoms with Gasteiger partial charge in [0.1, 0.15) is 9.86 Å². The molecule has 0 fully saturated rings. The molecule has 5 nitrogen and oxygen atoms in total. The van der Waals surface area contributed by atoms with Crippen LogP contribution >= 0.6 is 11.3 Å². The van der Waals surface area contributed by atoms with Gasteiger partial charge in [-0.05, 0) is 30.5 Å². The van der Waals surface area contributed by atoms with Gasteiger partial charge in [0.05, 0.1) is 17.9 Å². The molecule has 3 aromatic heterocycles. The van der Waals surface area contributed by atoms with Crippen molar-refractivity contribution in [2.24, 2.45) is 0 Å². The Bertz CT molecular complexity index is 836. The topological polar surface area (TPSA) is 63.5 Å². The summed E-state index contributed by atoms with van der Waals surface area (Å²) in [5.74, 6) is 0. The minimum Gasteiger partial charge on any atom is -0.302 e. The van der Waals surface area contributed by atoms with Crippen LogP contribution in [0.25, 0.3) is 5.65 Å². The van der Waals surface area contributed by atoms with E-state index in [1.54, 1.807) is 17.5 Å². The molecule has 3 heterocycles. The van der Waals surface area contributed by atoms with E-state index in [0.29, 0.717) is 4.21 Å². The van der Waals surface area contributed by atoms with Gasteiger partial charge < -0.3 is 4.40 Å². The fraction of sp³-hybridized carbons (Fsp3) is 0.154. The maximum Gasteiger partial charge on any atom is 0.250 e. The molecule has 20 heavy (non-hydrogen) atoms. The predicted octanol–water partition coefficient (Wildman–Crippen LogP) is 2.18. The summed E-state index contributed by atoms with van der Waals surface area (Å²) in [5.41, 5.74) is 2.49. The molecule has 1 N–H and O–H groups in total. The van der Waals surface area contributed by atoms with E-state index in [9.17, 15) is 8.42 Å². The molecule has 7 heteroatoms. The van der Waals surface area contributed by atoms with Crippen molar-refractivity contribution in [3.63, 3.8) is 0 Å². The molecular weight excluding hydrogens is 294 g/mol. The number of imidazole rings is 1. The molecule has 0 atom stereocenters. The normalized spacial score (nSPS) is 12.1. The number of nitrogens with zero attached hydrogens (tertiary/aromatic N) is 2. The molecule has 0 saturated carbocycles. The summed E-state index contributed by atoms with van der Waals surface area (Å²) in [6.07, 6.45) is 1.88. The highest BCUT2D eigenvalue weighted by molar-refractivity contribution is 7.91. The van der Waals surface area contributed by atoms with Gasteiger partial charge >= 0.3 is 0 Å². The molecule has 3 rings (SSSR count). The van der Waals surface area contributed by atoms with Gasteiger partial charge in [0.15, 0.2) is 0 Å². The van der Waals surface area contributed by atoms with Crippen molar-refractivity contribution in [2.75, 3.05) is 0 Å². The maximum absolute atomic E-state index is 12.1. The van der Waals surface area contributed by atoms with Gasteiger partial charge in [0.25, 0.3) is 0 Å². The molecule has 0 aromatic carbocycles. The van der Waals surface area contributed by atoms with Gasteiger partial charge in [0, 0.05) is 6.20 Å². The van der Waals surface area contributed by atoms with Crippen molar-refractivity contribution in [3.05, 3.63) is 53.3 Å². The van der Waals surface area contributed by atoms with Crippen LogP contribution in [0.5, 0.6) is 0 Å². The minimum absolute atomic E-state index is 0.219. The second-order valence-corrected chi connectivity index (χ2v) is 7.27. The van der Waals surface area contributed by atoms with Crippen molar-refractivity contribution in [3.8, 4) is 0 Å². The third-order valence-electron chi connectivity index (χ3n) is 3.02. The molecule has 0 spiro atoms. The lowest BCUT2D eigenvalue weighted by Crippen LogP contribution is -2.23. The number of nitrogens with one attached hydrogen (secondary N) is 1. The van der Waals surface area contributed by atoms with Gasteiger partial charge in [-0.1, -0.05) is 12.1 Å². The van der Waals surface area contributed by atoms with Crippen LogP contribution in [0, 0.1) is 6.92 Å². The van der Waals surface area contributed by atoms with Gasteiger partial charge in [-0.3, -0.25) is 0 Å². The zero-order chi connectivity index (χ0) is 14.2. The Morgan fingerprint density at radius 1 is 1.30 bits per heavy atom. The van der Waals surface area contributed by atoms with E-state index in [-0.39, 0.29) is 6.54 Å². The smallest absolute Gasteiger partial charge is 0.250 e. The summed E-state index contributed by atoms with van der Waals surface area (Å²) < 4.78 is 29.0. The molecular formula is C13H13N3O2S2. The highest BCUT2D eigenvalue weighted by atomic mass is 32.2. The molecule has 0 aliphatic heterocycles. The lowest BCUT2D eigenvalue weighted by molar-refractivity contribution is 0.582. The monoisotopic (exact) mass is 307 g/mol. The number of aryl methyl sites for hydroxylation is 1. The van der Waals surface area contributed by atoms with Crippen molar-refractivity contribution >= 4 is 27.0 Å². The van der Waals surface area contributed by atoms with Crippen molar-refractivity contribution in [2.45, 2.75) is 17.7 Å². The average Bonchev–Trinajstić information content (AvgIpc) is 3.04. The molecule has 0 aliphatic carbocycles. The number of aromatic nitrogens is 2. The molecule has 0 amide bonds. The van der Waals surface area contributed by atoms with Crippen LogP contribution in [0.15, 0.2) is 46.1 Å². The second-order valence-electron chi connectivity index (χ2n) is 4.33. The third-order valence-corrected chi connectivity index (χ3v) is 5.82. The Labute approximate surface area is 121 Å². The van der Waals surface area contributed by atoms with Crippen molar-refractivity contribution in [1.29, 1.82) is 0 Å². The summed E-state index contributed by atoms with van der Waals surface area (Å²) in [7, 11) is -3.45. The van der Waals surface area contributed by atoms with Gasteiger partial charge in [-0.15, -0.1) is 11.3 Å². The number of hydrogen-bond acceptors (Lipinski definition) is 4. The molecule has 0 aliphatic rings. The Balaban J connectivity index is 1.90. The van der Waals surface area contributed by atoms with Crippen molar-refractivity contribution < 1.29 is 8.42 Å². The maximum atomic E-state index is 12.1. The highest BCUT2D eigenvalue weighted by Crippen LogP contribution is 2.17. The lowest BCUT2D eigenvalue weighted by Gasteiger charge is -2.05. The molecule has 3 aromatic rings. The van der Waals surface area contributed by atoms with Gasteiger partial charge in [0.2, 0.25) is 10.0 Å². The van der Waals surface area contributed by atoms with Crippen molar-refractivity contribution in [1.82, 2.24) is 14.1 Å². The van der Waals surface area contributed by atoms with Crippen LogP contribution in [-0.4, -0.2) is 17.8 Å². The summed E-state index contributed by atoms with van der Waals surface area (Å²) in [5, 5.41) is 1.74. The zero-order valence-electron chi connectivity index (χ0n) is 10.8. The first kappa shape index (κ1) is 13.3. The fourth-order valence-corrected chi connectivity index (χ4v) is 4.05. The molecule has 0 saturated heterocycles. The number of fused-ring (bicyclic) bond motifs is 1. The Kier molecular flexibility index (Phi) is 3.33. The standard InChI is InChI=1S/C13H13N3O2S2/c1-10-11(16-7-3-2-5-12(16)15-10)9-14-20(17,18)13-6-4-8-19-13/h2-8,14H,9H2,1H3. The van der Waals surface area contributed by atoms with E-state index >= 15 is 0 Å². The summed E-state index contributed by atoms with van der Waals surface area (Å²) in [6.45, 7) is 2.10. The first-order valence-electron chi connectivity index (χ1n) is 6.04. The van der Waals surface area contributed by atoms with Crippen LogP contribution in [-0.2, 0) is 16.6 Å². The van der Waals surface area contributed by atoms with Crippen LogP contribution in [0.2, 0.25) is 0 Å². The fourth-order valence-electron chi connectivity index (χ4n) is 2.03. The van der Waals surface area contributed by atoms with E-state index < -0.39 is 10.0 Å². The predicted molar refractivity (Wildman–Crippen MR) is 78.3 cm³/mol. The highest BCUT2D eigenvalue weighted by Gasteiger charge is 2.16. The first-order valence-corrected chi connectivity index (χ1v) is 8.40. The summed E-state index contributed by atoms with van der Waals surface area (Å²) >= 11 is 1.20. The number of pyridine rings is 1. The minimum atomic E-state index is -3.45. The average molecular weight is 307 g/mol. The molecule has 0 radical (unpaired) electrons. The van der Waals surface area contributed by atoms with E-state index in [1.165, 1.54) is 11.3 Å². The first-order chi connectivity index (χ1) is 9.58. The molecule has 0 unspecified atom stereocenters. The van der Waals surface area contributed by atoms with E-state index in [4.69, 9.17) is 0 Å². The SMILES string of the molecule is Cc1nc2ccccn2c1CNS(=O)(=O)c1cccs1. The van der Waals surface area contributed by atoms with E-state index in [1.807, 2.05) is 35.7 Å². The van der Waals surface area contributed by atoms with Crippen LogP contribution < -0.4 is 4.72 Å². The lowest BCUT2D eigenvalue weighted by atomic mass is 10.3. The van der Waals surface area contributed by atoms with E-state index in [2.05, 4.69) is 9.71 Å². The quantitative estimate of drug-likeness (QED) is 0.803. The molecule has 0 bridgehead atoms. The molecule has 104 valence electrons. The van der Waals surface area contributed by atoms with Gasteiger partial charge in [-0.25, -0.2) is 18.1 Å². The Hall–Kier alpha value is -1.70. The second kappa shape index (κ2) is 5.01. The third kappa shape index (κ3) is 2.35. The van der Waals surface area contributed by atoms with E-state index in [0.717, 1.165) is 17.0 Å². The number of thiophene rings is 1. The number of sulfonamides is 1. The van der Waals surface area contributed by atoms with Crippen LogP contribution in [0.1, 0.15) is 11.4 Å². The largest absolute Gasteiger partial charge is 0.302 e. The summed E-state index contributed by atoms with van der Waals surface area (Å²) in [4.78, 5) is 4.41. The number of rotatable bonds is 4. The zero-order valence-corrected chi connectivity index (χ0v) is 12.4. The summed E-state index contributed by atoms with van der Waals surface area (Å²) in [6, 6.07) is 9.00. The van der Waals surface area contributed by atoms with Crippen LogP contribution in [0.4, 0.5) is 0 Å². The Morgan fingerprint density at radius 2 is 2.15 bits per heavy atom. The Morgan fingerprint density at radius 3 is 2.90 bits per heavy atom. The van der Waals surface area contributed by atoms with Gasteiger partial charge in [-0.2, -0.15) is 0 Å². The number of hydrogen-bond donors (Lipinski definition) is 1. The van der Waals surface area contributed by atoms with Crippen LogP contribution in [0.3, 0.4) is 0 Å².